The quantitative estimate of drug-likeness (QED) is 0.803. The van der Waals surface area contributed by atoms with Crippen molar-refractivity contribution in [3.63, 3.8) is 0 Å². The maximum absolute atomic E-state index is 13.2. The van der Waals surface area contributed by atoms with Crippen LogP contribution in [0.5, 0.6) is 0 Å². The number of likely N-dealkylation sites (N-methyl/N-ethyl adjacent to an activating group) is 1. The Morgan fingerprint density at radius 1 is 1.50 bits per heavy atom. The van der Waals surface area contributed by atoms with Crippen molar-refractivity contribution in [2.45, 2.75) is 6.54 Å². The SMILES string of the molecule is CN(CCO)C(=O)NCc1ccccc1F. The molecule has 0 bridgehead atoms. The standard InChI is InChI=1S/C11H15FN2O2/c1-14(6-7-15)11(16)13-8-9-4-2-3-5-10(9)12/h2-5,15H,6-8H2,1H3,(H,13,16). The summed E-state index contributed by atoms with van der Waals surface area (Å²) in [6, 6.07) is 5.93. The monoisotopic (exact) mass is 226 g/mol. The summed E-state index contributed by atoms with van der Waals surface area (Å²) in [5, 5.41) is 11.2. The number of rotatable bonds is 4. The normalized spacial score (nSPS) is 9.94. The molecule has 0 atom stereocenters. The lowest BCUT2D eigenvalue weighted by Gasteiger charge is -2.16. The Hall–Kier alpha value is -1.62. The molecule has 1 aromatic rings. The van der Waals surface area contributed by atoms with Crippen LogP contribution in [-0.4, -0.2) is 36.2 Å². The van der Waals surface area contributed by atoms with Gasteiger partial charge in [0.1, 0.15) is 5.82 Å². The van der Waals surface area contributed by atoms with E-state index in [0.717, 1.165) is 0 Å². The van der Waals surface area contributed by atoms with Crippen LogP contribution in [0, 0.1) is 5.82 Å². The van der Waals surface area contributed by atoms with Gasteiger partial charge in [0.15, 0.2) is 0 Å². The molecule has 0 radical (unpaired) electrons. The molecule has 0 spiro atoms. The number of hydrogen-bond donors (Lipinski definition) is 2. The zero-order chi connectivity index (χ0) is 12.0. The number of aliphatic hydroxyl groups excluding tert-OH is 1. The molecule has 1 rings (SSSR count). The highest BCUT2D eigenvalue weighted by Crippen LogP contribution is 2.05. The second-order valence-corrected chi connectivity index (χ2v) is 3.40. The third kappa shape index (κ3) is 3.51. The van der Waals surface area contributed by atoms with E-state index < -0.39 is 0 Å². The number of nitrogens with zero attached hydrogens (tertiary/aromatic N) is 1. The number of carbonyl (C=O) groups excluding carboxylic acids is 1. The van der Waals surface area contributed by atoms with E-state index in [2.05, 4.69) is 5.32 Å². The van der Waals surface area contributed by atoms with Gasteiger partial charge in [0, 0.05) is 25.7 Å². The number of urea groups is 1. The van der Waals surface area contributed by atoms with Gasteiger partial charge < -0.3 is 15.3 Å². The van der Waals surface area contributed by atoms with Gasteiger partial charge in [0.05, 0.1) is 6.61 Å². The second-order valence-electron chi connectivity index (χ2n) is 3.40. The molecule has 0 unspecified atom stereocenters. The first-order valence-electron chi connectivity index (χ1n) is 4.98. The molecular weight excluding hydrogens is 211 g/mol. The average molecular weight is 226 g/mol. The smallest absolute Gasteiger partial charge is 0.317 e. The predicted molar refractivity (Wildman–Crippen MR) is 58.4 cm³/mol. The van der Waals surface area contributed by atoms with E-state index in [4.69, 9.17) is 5.11 Å². The predicted octanol–water partition coefficient (Wildman–Crippen LogP) is 0.959. The lowest BCUT2D eigenvalue weighted by atomic mass is 10.2. The van der Waals surface area contributed by atoms with Crippen molar-refractivity contribution < 1.29 is 14.3 Å². The number of benzene rings is 1. The van der Waals surface area contributed by atoms with E-state index >= 15 is 0 Å². The van der Waals surface area contributed by atoms with Gasteiger partial charge >= 0.3 is 6.03 Å². The Labute approximate surface area is 93.7 Å². The van der Waals surface area contributed by atoms with Crippen LogP contribution in [0.15, 0.2) is 24.3 Å². The molecule has 16 heavy (non-hydrogen) atoms. The molecule has 2 amide bonds. The molecule has 0 aliphatic carbocycles. The van der Waals surface area contributed by atoms with Crippen LogP contribution in [0.1, 0.15) is 5.56 Å². The molecule has 1 aromatic carbocycles. The summed E-state index contributed by atoms with van der Waals surface area (Å²) in [5.41, 5.74) is 0.438. The van der Waals surface area contributed by atoms with Gasteiger partial charge in [-0.1, -0.05) is 18.2 Å². The first kappa shape index (κ1) is 12.4. The maximum atomic E-state index is 13.2. The number of aliphatic hydroxyl groups is 1. The molecule has 0 aliphatic rings. The van der Waals surface area contributed by atoms with Crippen molar-refractivity contribution in [2.75, 3.05) is 20.2 Å². The Morgan fingerprint density at radius 3 is 2.81 bits per heavy atom. The van der Waals surface area contributed by atoms with E-state index in [1.807, 2.05) is 0 Å². The van der Waals surface area contributed by atoms with Crippen molar-refractivity contribution >= 4 is 6.03 Å². The van der Waals surface area contributed by atoms with Gasteiger partial charge in [-0.3, -0.25) is 0 Å². The van der Waals surface area contributed by atoms with E-state index in [1.165, 1.54) is 11.0 Å². The highest BCUT2D eigenvalue weighted by molar-refractivity contribution is 5.73. The first-order valence-corrected chi connectivity index (χ1v) is 4.98. The van der Waals surface area contributed by atoms with Crippen LogP contribution in [-0.2, 0) is 6.54 Å². The molecule has 0 saturated carbocycles. The Bertz CT molecular complexity index is 358. The van der Waals surface area contributed by atoms with Crippen molar-refractivity contribution in [2.24, 2.45) is 0 Å². The minimum atomic E-state index is -0.340. The fraction of sp³-hybridized carbons (Fsp3) is 0.364. The molecular formula is C11H15FN2O2. The topological polar surface area (TPSA) is 52.6 Å². The van der Waals surface area contributed by atoms with Crippen molar-refractivity contribution in [1.29, 1.82) is 0 Å². The van der Waals surface area contributed by atoms with Crippen molar-refractivity contribution in [1.82, 2.24) is 10.2 Å². The van der Waals surface area contributed by atoms with Gasteiger partial charge in [-0.15, -0.1) is 0 Å². The molecule has 5 heteroatoms. The van der Waals surface area contributed by atoms with E-state index in [0.29, 0.717) is 5.56 Å². The van der Waals surface area contributed by atoms with Crippen molar-refractivity contribution in [3.05, 3.63) is 35.6 Å². The molecule has 0 saturated heterocycles. The Morgan fingerprint density at radius 2 is 2.19 bits per heavy atom. The molecule has 4 nitrogen and oxygen atoms in total. The van der Waals surface area contributed by atoms with Crippen LogP contribution in [0.2, 0.25) is 0 Å². The third-order valence-corrected chi connectivity index (χ3v) is 2.17. The van der Waals surface area contributed by atoms with Gasteiger partial charge in [0.25, 0.3) is 0 Å². The Kier molecular flexibility index (Phi) is 4.72. The summed E-state index contributed by atoms with van der Waals surface area (Å²) < 4.78 is 13.2. The van der Waals surface area contributed by atoms with Crippen LogP contribution < -0.4 is 5.32 Å². The number of carbonyl (C=O) groups is 1. The van der Waals surface area contributed by atoms with Crippen LogP contribution >= 0.6 is 0 Å². The fourth-order valence-electron chi connectivity index (χ4n) is 1.20. The van der Waals surface area contributed by atoms with Gasteiger partial charge in [-0.2, -0.15) is 0 Å². The fourth-order valence-corrected chi connectivity index (χ4v) is 1.20. The third-order valence-electron chi connectivity index (χ3n) is 2.17. The average Bonchev–Trinajstić information content (AvgIpc) is 2.28. The Balaban J connectivity index is 2.46. The zero-order valence-corrected chi connectivity index (χ0v) is 9.11. The first-order chi connectivity index (χ1) is 7.65. The second kappa shape index (κ2) is 6.07. The van der Waals surface area contributed by atoms with Gasteiger partial charge in [0.2, 0.25) is 0 Å². The van der Waals surface area contributed by atoms with Crippen molar-refractivity contribution in [3.8, 4) is 0 Å². The number of amides is 2. The maximum Gasteiger partial charge on any atom is 0.317 e. The largest absolute Gasteiger partial charge is 0.395 e. The zero-order valence-electron chi connectivity index (χ0n) is 9.11. The summed E-state index contributed by atoms with van der Waals surface area (Å²) in [4.78, 5) is 12.7. The molecule has 0 fully saturated rings. The number of hydrogen-bond acceptors (Lipinski definition) is 2. The molecule has 0 aromatic heterocycles. The summed E-state index contributed by atoms with van der Waals surface area (Å²) in [5.74, 6) is -0.340. The highest BCUT2D eigenvalue weighted by Gasteiger charge is 2.08. The summed E-state index contributed by atoms with van der Waals surface area (Å²) >= 11 is 0. The minimum absolute atomic E-state index is 0.0936. The highest BCUT2D eigenvalue weighted by atomic mass is 19.1. The van der Waals surface area contributed by atoms with Crippen LogP contribution in [0.3, 0.4) is 0 Å². The molecule has 0 aliphatic heterocycles. The minimum Gasteiger partial charge on any atom is -0.395 e. The van der Waals surface area contributed by atoms with E-state index in [1.54, 1.807) is 25.2 Å². The number of halogens is 1. The van der Waals surface area contributed by atoms with Gasteiger partial charge in [-0.05, 0) is 6.07 Å². The molecule has 88 valence electrons. The summed E-state index contributed by atoms with van der Waals surface area (Å²) in [6.07, 6.45) is 0. The van der Waals surface area contributed by atoms with Gasteiger partial charge in [-0.25, -0.2) is 9.18 Å². The lowest BCUT2D eigenvalue weighted by Crippen LogP contribution is -2.38. The molecule has 0 heterocycles. The van der Waals surface area contributed by atoms with E-state index in [9.17, 15) is 9.18 Å². The van der Waals surface area contributed by atoms with Crippen LogP contribution in [0.25, 0.3) is 0 Å². The van der Waals surface area contributed by atoms with E-state index in [-0.39, 0.29) is 31.5 Å². The summed E-state index contributed by atoms with van der Waals surface area (Å²) in [7, 11) is 1.56. The summed E-state index contributed by atoms with van der Waals surface area (Å²) in [6.45, 7) is 0.300. The number of nitrogens with one attached hydrogen (secondary N) is 1. The molecule has 2 N–H and O–H groups in total. The lowest BCUT2D eigenvalue weighted by molar-refractivity contribution is 0.190. The van der Waals surface area contributed by atoms with Crippen LogP contribution in [0.4, 0.5) is 9.18 Å².